The van der Waals surface area contributed by atoms with Gasteiger partial charge in [-0.15, -0.1) is 0 Å². The standard InChI is InChI=1S/C23H33N5O3/c1-16(2)14-20-18-7-4-3-6-17(18)19(15-24)21(26-20)27-9-11-28(12-10-27)23(31)22(30)25-8-5-13-29/h16,29H,3-14H2,1-2H3,(H,25,30). The van der Waals surface area contributed by atoms with E-state index in [0.717, 1.165) is 49.2 Å². The summed E-state index contributed by atoms with van der Waals surface area (Å²) in [6, 6.07) is 2.41. The van der Waals surface area contributed by atoms with Gasteiger partial charge >= 0.3 is 11.8 Å². The first-order valence-electron chi connectivity index (χ1n) is 11.3. The Bertz CT molecular complexity index is 854. The van der Waals surface area contributed by atoms with Crippen LogP contribution in [0, 0.1) is 17.2 Å². The highest BCUT2D eigenvalue weighted by Gasteiger charge is 2.30. The van der Waals surface area contributed by atoms with Gasteiger partial charge in [-0.05, 0) is 55.6 Å². The van der Waals surface area contributed by atoms with Crippen LogP contribution in [0.4, 0.5) is 5.82 Å². The number of hydrogen-bond donors (Lipinski definition) is 2. The molecule has 1 aliphatic heterocycles. The van der Waals surface area contributed by atoms with E-state index in [1.165, 1.54) is 5.56 Å². The molecule has 1 saturated heterocycles. The molecule has 8 nitrogen and oxygen atoms in total. The van der Waals surface area contributed by atoms with E-state index >= 15 is 0 Å². The molecule has 1 aromatic heterocycles. The minimum atomic E-state index is -0.634. The van der Waals surface area contributed by atoms with Crippen LogP contribution >= 0.6 is 0 Å². The highest BCUT2D eigenvalue weighted by atomic mass is 16.3. The zero-order valence-corrected chi connectivity index (χ0v) is 18.6. The number of nitrogens with one attached hydrogen (secondary N) is 1. The summed E-state index contributed by atoms with van der Waals surface area (Å²) in [4.78, 5) is 33.0. The van der Waals surface area contributed by atoms with Crippen molar-refractivity contribution in [2.24, 2.45) is 5.92 Å². The van der Waals surface area contributed by atoms with Gasteiger partial charge in [0.15, 0.2) is 0 Å². The van der Waals surface area contributed by atoms with E-state index in [1.807, 2.05) is 0 Å². The maximum Gasteiger partial charge on any atom is 0.312 e. The van der Waals surface area contributed by atoms with Crippen LogP contribution in [-0.2, 0) is 28.9 Å². The number of nitriles is 1. The van der Waals surface area contributed by atoms with Gasteiger partial charge in [-0.3, -0.25) is 9.59 Å². The molecule has 0 radical (unpaired) electrons. The fourth-order valence-corrected chi connectivity index (χ4v) is 4.41. The number of aliphatic hydroxyl groups excluding tert-OH is 1. The van der Waals surface area contributed by atoms with Crippen LogP contribution in [0.2, 0.25) is 0 Å². The summed E-state index contributed by atoms with van der Waals surface area (Å²) in [6.07, 6.45) is 5.48. The number of anilines is 1. The molecule has 2 amide bonds. The Morgan fingerprint density at radius 3 is 2.45 bits per heavy atom. The molecular weight excluding hydrogens is 394 g/mol. The molecule has 8 heteroatoms. The number of pyridine rings is 1. The molecule has 0 saturated carbocycles. The molecule has 0 spiro atoms. The van der Waals surface area contributed by atoms with Gasteiger partial charge in [-0.25, -0.2) is 4.98 Å². The predicted octanol–water partition coefficient (Wildman–Crippen LogP) is 1.18. The first-order valence-corrected chi connectivity index (χ1v) is 11.3. The number of aliphatic hydroxyl groups is 1. The van der Waals surface area contributed by atoms with Crippen LogP contribution in [0.15, 0.2) is 0 Å². The van der Waals surface area contributed by atoms with Gasteiger partial charge in [0.2, 0.25) is 0 Å². The molecule has 2 heterocycles. The number of carbonyl (C=O) groups excluding carboxylic acids is 2. The highest BCUT2D eigenvalue weighted by Crippen LogP contribution is 2.33. The molecule has 31 heavy (non-hydrogen) atoms. The molecule has 0 aromatic carbocycles. The lowest BCUT2D eigenvalue weighted by Gasteiger charge is -2.36. The van der Waals surface area contributed by atoms with Crippen molar-refractivity contribution in [1.82, 2.24) is 15.2 Å². The molecule has 1 fully saturated rings. The van der Waals surface area contributed by atoms with E-state index < -0.39 is 11.8 Å². The number of rotatable bonds is 6. The van der Waals surface area contributed by atoms with Gasteiger partial charge in [0.25, 0.3) is 0 Å². The van der Waals surface area contributed by atoms with Crippen molar-refractivity contribution in [3.05, 3.63) is 22.4 Å². The van der Waals surface area contributed by atoms with E-state index in [2.05, 4.69) is 30.1 Å². The van der Waals surface area contributed by atoms with Crippen LogP contribution in [-0.4, -0.2) is 66.1 Å². The van der Waals surface area contributed by atoms with Gasteiger partial charge < -0.3 is 20.2 Å². The molecule has 3 rings (SSSR count). The van der Waals surface area contributed by atoms with E-state index in [1.54, 1.807) is 4.90 Å². The van der Waals surface area contributed by atoms with Gasteiger partial charge in [0.1, 0.15) is 11.9 Å². The number of fused-ring (bicyclic) bond motifs is 1. The number of amides is 2. The Hall–Kier alpha value is -2.66. The lowest BCUT2D eigenvalue weighted by molar-refractivity contribution is -0.146. The van der Waals surface area contributed by atoms with Crippen LogP contribution in [0.3, 0.4) is 0 Å². The summed E-state index contributed by atoms with van der Waals surface area (Å²) in [7, 11) is 0. The summed E-state index contributed by atoms with van der Waals surface area (Å²) in [5.74, 6) is 0.0409. The summed E-state index contributed by atoms with van der Waals surface area (Å²) < 4.78 is 0. The normalized spacial score (nSPS) is 16.1. The van der Waals surface area contributed by atoms with Crippen LogP contribution in [0.5, 0.6) is 0 Å². The Morgan fingerprint density at radius 2 is 1.84 bits per heavy atom. The fourth-order valence-electron chi connectivity index (χ4n) is 4.41. The average Bonchev–Trinajstić information content (AvgIpc) is 2.78. The summed E-state index contributed by atoms with van der Waals surface area (Å²) in [6.45, 7) is 6.53. The molecule has 1 aliphatic carbocycles. The molecule has 0 atom stereocenters. The maximum atomic E-state index is 12.4. The molecule has 168 valence electrons. The minimum Gasteiger partial charge on any atom is -0.396 e. The number of aromatic nitrogens is 1. The Morgan fingerprint density at radius 1 is 1.16 bits per heavy atom. The van der Waals surface area contributed by atoms with Crippen molar-refractivity contribution >= 4 is 17.6 Å². The Balaban J connectivity index is 1.76. The first kappa shape index (κ1) is 23.0. The maximum absolute atomic E-state index is 12.4. The number of hydrogen-bond acceptors (Lipinski definition) is 6. The van der Waals surface area contributed by atoms with Crippen molar-refractivity contribution in [2.45, 2.75) is 52.4 Å². The molecular formula is C23H33N5O3. The average molecular weight is 428 g/mol. The smallest absolute Gasteiger partial charge is 0.312 e. The SMILES string of the molecule is CC(C)Cc1nc(N2CCN(C(=O)C(=O)NCCCO)CC2)c(C#N)c2c1CCCC2. The topological polar surface area (TPSA) is 110 Å². The lowest BCUT2D eigenvalue weighted by atomic mass is 9.85. The Labute approximate surface area is 184 Å². The van der Waals surface area contributed by atoms with Gasteiger partial charge in [-0.2, -0.15) is 5.26 Å². The zero-order chi connectivity index (χ0) is 22.4. The third-order valence-corrected chi connectivity index (χ3v) is 5.98. The zero-order valence-electron chi connectivity index (χ0n) is 18.6. The van der Waals surface area contributed by atoms with E-state index in [0.29, 0.717) is 44.1 Å². The van der Waals surface area contributed by atoms with Crippen molar-refractivity contribution < 1.29 is 14.7 Å². The van der Waals surface area contributed by atoms with Crippen LogP contribution in [0.25, 0.3) is 0 Å². The summed E-state index contributed by atoms with van der Waals surface area (Å²) in [5.41, 5.74) is 4.23. The van der Waals surface area contributed by atoms with Crippen molar-refractivity contribution in [3.63, 3.8) is 0 Å². The highest BCUT2D eigenvalue weighted by molar-refractivity contribution is 6.35. The van der Waals surface area contributed by atoms with Gasteiger partial charge in [0.05, 0.1) is 5.56 Å². The second-order valence-electron chi connectivity index (χ2n) is 8.74. The Kier molecular flexibility index (Phi) is 7.85. The van der Waals surface area contributed by atoms with E-state index in [-0.39, 0.29) is 13.2 Å². The molecule has 0 bridgehead atoms. The molecule has 2 N–H and O–H groups in total. The van der Waals surface area contributed by atoms with E-state index in [9.17, 15) is 14.9 Å². The van der Waals surface area contributed by atoms with Crippen molar-refractivity contribution in [2.75, 3.05) is 44.2 Å². The molecule has 1 aromatic rings. The summed E-state index contributed by atoms with van der Waals surface area (Å²) >= 11 is 0. The van der Waals surface area contributed by atoms with Crippen molar-refractivity contribution in [1.29, 1.82) is 5.26 Å². The fraction of sp³-hybridized carbons (Fsp3) is 0.652. The minimum absolute atomic E-state index is 0.0268. The lowest BCUT2D eigenvalue weighted by Crippen LogP contribution is -2.53. The van der Waals surface area contributed by atoms with Gasteiger partial charge in [-0.1, -0.05) is 13.8 Å². The van der Waals surface area contributed by atoms with Crippen LogP contribution < -0.4 is 10.2 Å². The van der Waals surface area contributed by atoms with Crippen molar-refractivity contribution in [3.8, 4) is 6.07 Å². The molecule has 2 aliphatic rings. The van der Waals surface area contributed by atoms with E-state index in [4.69, 9.17) is 10.1 Å². The first-order chi connectivity index (χ1) is 15.0. The summed E-state index contributed by atoms with van der Waals surface area (Å²) in [5, 5.41) is 21.3. The third-order valence-electron chi connectivity index (χ3n) is 5.98. The predicted molar refractivity (Wildman–Crippen MR) is 118 cm³/mol. The van der Waals surface area contributed by atoms with Gasteiger partial charge in [0, 0.05) is 45.0 Å². The second kappa shape index (κ2) is 10.6. The quantitative estimate of drug-likeness (QED) is 0.521. The third kappa shape index (κ3) is 5.34. The molecule has 0 unspecified atom stereocenters. The number of carbonyl (C=O) groups is 2. The number of piperazine rings is 1. The largest absolute Gasteiger partial charge is 0.396 e. The monoisotopic (exact) mass is 427 g/mol. The van der Waals surface area contributed by atoms with Crippen LogP contribution in [0.1, 0.15) is 55.5 Å². The number of nitrogens with zero attached hydrogens (tertiary/aromatic N) is 4. The second-order valence-corrected chi connectivity index (χ2v) is 8.74.